The number of benzene rings is 2. The van der Waals surface area contributed by atoms with Crippen LogP contribution < -0.4 is 10.0 Å². The molecule has 2 aromatic rings. The molecule has 116 valence electrons. The molecule has 0 saturated heterocycles. The molecule has 0 atom stereocenters. The molecule has 0 radical (unpaired) electrons. The summed E-state index contributed by atoms with van der Waals surface area (Å²) in [7, 11) is -3.40. The van der Waals surface area contributed by atoms with Gasteiger partial charge in [0.15, 0.2) is 0 Å². The Morgan fingerprint density at radius 3 is 2.09 bits per heavy atom. The Morgan fingerprint density at radius 1 is 0.864 bits per heavy atom. The smallest absolute Gasteiger partial charge is 0.251 e. The summed E-state index contributed by atoms with van der Waals surface area (Å²) in [5, 5.41) is 2.67. The van der Waals surface area contributed by atoms with Crippen molar-refractivity contribution < 1.29 is 13.2 Å². The van der Waals surface area contributed by atoms with Crippen LogP contribution in [-0.4, -0.2) is 27.4 Å². The monoisotopic (exact) mass is 318 g/mol. The third kappa shape index (κ3) is 5.31. The van der Waals surface area contributed by atoms with Gasteiger partial charge in [0, 0.05) is 18.7 Å². The molecule has 22 heavy (non-hydrogen) atoms. The van der Waals surface area contributed by atoms with E-state index in [4.69, 9.17) is 0 Å². The zero-order valence-electron chi connectivity index (χ0n) is 12.0. The summed E-state index contributed by atoms with van der Waals surface area (Å²) < 4.78 is 26.3. The van der Waals surface area contributed by atoms with Crippen molar-refractivity contribution in [2.24, 2.45) is 0 Å². The van der Waals surface area contributed by atoms with E-state index >= 15 is 0 Å². The Hall–Kier alpha value is -2.18. The summed E-state index contributed by atoms with van der Waals surface area (Å²) in [6, 6.07) is 17.7. The summed E-state index contributed by atoms with van der Waals surface area (Å²) in [6.07, 6.45) is 0. The van der Waals surface area contributed by atoms with Crippen LogP contribution in [0.3, 0.4) is 0 Å². The molecule has 2 rings (SSSR count). The number of nitrogens with one attached hydrogen (secondary N) is 2. The van der Waals surface area contributed by atoms with E-state index in [1.54, 1.807) is 48.5 Å². The first-order valence-electron chi connectivity index (χ1n) is 6.91. The maximum absolute atomic E-state index is 11.9. The Bertz CT molecular complexity index is 701. The maximum atomic E-state index is 11.9. The maximum Gasteiger partial charge on any atom is 0.251 e. The van der Waals surface area contributed by atoms with Crippen LogP contribution in [-0.2, 0) is 15.8 Å². The first-order valence-corrected chi connectivity index (χ1v) is 8.56. The van der Waals surface area contributed by atoms with Gasteiger partial charge in [0.2, 0.25) is 10.0 Å². The highest BCUT2D eigenvalue weighted by molar-refractivity contribution is 7.88. The van der Waals surface area contributed by atoms with Gasteiger partial charge in [0.1, 0.15) is 0 Å². The van der Waals surface area contributed by atoms with Crippen molar-refractivity contribution in [3.8, 4) is 0 Å². The molecule has 0 aliphatic carbocycles. The highest BCUT2D eigenvalue weighted by Crippen LogP contribution is 2.03. The number of sulfonamides is 1. The summed E-state index contributed by atoms with van der Waals surface area (Å²) in [4.78, 5) is 11.8. The largest absolute Gasteiger partial charge is 0.351 e. The second kappa shape index (κ2) is 7.72. The summed E-state index contributed by atoms with van der Waals surface area (Å²) in [5.41, 5.74) is 1.28. The molecule has 0 fully saturated rings. The normalized spacial score (nSPS) is 11.1. The van der Waals surface area contributed by atoms with Crippen molar-refractivity contribution in [2.45, 2.75) is 5.75 Å². The fourth-order valence-corrected chi connectivity index (χ4v) is 3.07. The van der Waals surface area contributed by atoms with E-state index in [0.717, 1.165) is 5.56 Å². The van der Waals surface area contributed by atoms with Gasteiger partial charge in [-0.05, 0) is 17.7 Å². The predicted octanol–water partition coefficient (Wildman–Crippen LogP) is 1.54. The molecular weight excluding hydrogens is 300 g/mol. The lowest BCUT2D eigenvalue weighted by Gasteiger charge is -2.08. The van der Waals surface area contributed by atoms with Crippen molar-refractivity contribution in [3.05, 3.63) is 71.8 Å². The molecule has 0 bridgehead atoms. The average molecular weight is 318 g/mol. The SMILES string of the molecule is O=C(NCCNS(=O)(=O)Cc1ccccc1)c1ccccc1. The van der Waals surface area contributed by atoms with Crippen LogP contribution >= 0.6 is 0 Å². The van der Waals surface area contributed by atoms with Gasteiger partial charge in [-0.15, -0.1) is 0 Å². The molecule has 0 spiro atoms. The number of hydrogen-bond acceptors (Lipinski definition) is 3. The fourth-order valence-electron chi connectivity index (χ4n) is 1.92. The second-order valence-corrected chi connectivity index (χ2v) is 6.57. The van der Waals surface area contributed by atoms with Crippen LogP contribution in [0.5, 0.6) is 0 Å². The van der Waals surface area contributed by atoms with E-state index in [0.29, 0.717) is 5.56 Å². The fraction of sp³-hybridized carbons (Fsp3) is 0.188. The molecule has 0 saturated carbocycles. The van der Waals surface area contributed by atoms with Gasteiger partial charge in [-0.1, -0.05) is 48.5 Å². The van der Waals surface area contributed by atoms with Crippen LogP contribution in [0.15, 0.2) is 60.7 Å². The van der Waals surface area contributed by atoms with Crippen LogP contribution in [0.4, 0.5) is 0 Å². The van der Waals surface area contributed by atoms with Crippen molar-refractivity contribution in [2.75, 3.05) is 13.1 Å². The molecule has 2 aromatic carbocycles. The topological polar surface area (TPSA) is 75.3 Å². The van der Waals surface area contributed by atoms with Crippen LogP contribution in [0, 0.1) is 0 Å². The molecule has 2 N–H and O–H groups in total. The average Bonchev–Trinajstić information content (AvgIpc) is 2.53. The molecule has 0 heterocycles. The van der Waals surface area contributed by atoms with Gasteiger partial charge in [-0.2, -0.15) is 0 Å². The van der Waals surface area contributed by atoms with Crippen molar-refractivity contribution in [3.63, 3.8) is 0 Å². The molecule has 5 nitrogen and oxygen atoms in total. The van der Waals surface area contributed by atoms with Crippen LogP contribution in [0.1, 0.15) is 15.9 Å². The number of amides is 1. The summed E-state index contributed by atoms with van der Waals surface area (Å²) in [5.74, 6) is -0.289. The van der Waals surface area contributed by atoms with E-state index in [1.807, 2.05) is 12.1 Å². The Balaban J connectivity index is 1.75. The molecular formula is C16H18N2O3S. The number of hydrogen-bond donors (Lipinski definition) is 2. The third-order valence-electron chi connectivity index (χ3n) is 2.97. The van der Waals surface area contributed by atoms with Crippen molar-refractivity contribution in [1.82, 2.24) is 10.0 Å². The van der Waals surface area contributed by atoms with E-state index in [2.05, 4.69) is 10.0 Å². The van der Waals surface area contributed by atoms with Crippen molar-refractivity contribution in [1.29, 1.82) is 0 Å². The minimum absolute atomic E-state index is 0.0690. The number of rotatable bonds is 7. The Morgan fingerprint density at radius 2 is 1.45 bits per heavy atom. The van der Waals surface area contributed by atoms with E-state index in [9.17, 15) is 13.2 Å². The molecule has 6 heteroatoms. The highest BCUT2D eigenvalue weighted by Gasteiger charge is 2.11. The summed E-state index contributed by atoms with van der Waals surface area (Å²) in [6.45, 7) is 0.398. The summed E-state index contributed by atoms with van der Waals surface area (Å²) >= 11 is 0. The van der Waals surface area contributed by atoms with Gasteiger partial charge in [-0.25, -0.2) is 13.1 Å². The first kappa shape index (κ1) is 16.2. The number of carbonyl (C=O) groups excluding carboxylic acids is 1. The zero-order valence-corrected chi connectivity index (χ0v) is 12.8. The lowest BCUT2D eigenvalue weighted by atomic mass is 10.2. The van der Waals surface area contributed by atoms with Gasteiger partial charge in [0.25, 0.3) is 5.91 Å². The second-order valence-electron chi connectivity index (χ2n) is 4.76. The van der Waals surface area contributed by atoms with E-state index in [1.165, 1.54) is 0 Å². The quantitative estimate of drug-likeness (QED) is 0.760. The Labute approximate surface area is 130 Å². The van der Waals surface area contributed by atoms with E-state index < -0.39 is 10.0 Å². The highest BCUT2D eigenvalue weighted by atomic mass is 32.2. The third-order valence-corrected chi connectivity index (χ3v) is 4.33. The molecule has 1 amide bonds. The van der Waals surface area contributed by atoms with E-state index in [-0.39, 0.29) is 24.7 Å². The molecule has 0 aliphatic heterocycles. The first-order chi connectivity index (χ1) is 10.6. The zero-order chi connectivity index (χ0) is 15.8. The predicted molar refractivity (Wildman–Crippen MR) is 85.8 cm³/mol. The number of carbonyl (C=O) groups is 1. The minimum atomic E-state index is -3.40. The van der Waals surface area contributed by atoms with Gasteiger partial charge in [0.05, 0.1) is 5.75 Å². The molecule has 0 aromatic heterocycles. The van der Waals surface area contributed by atoms with Gasteiger partial charge >= 0.3 is 0 Å². The van der Waals surface area contributed by atoms with Crippen molar-refractivity contribution >= 4 is 15.9 Å². The minimum Gasteiger partial charge on any atom is -0.351 e. The Kier molecular flexibility index (Phi) is 5.68. The lowest BCUT2D eigenvalue weighted by Crippen LogP contribution is -2.35. The molecule has 0 aliphatic rings. The molecule has 0 unspecified atom stereocenters. The van der Waals surface area contributed by atoms with Gasteiger partial charge in [-0.3, -0.25) is 4.79 Å². The van der Waals surface area contributed by atoms with Gasteiger partial charge < -0.3 is 5.32 Å². The standard InChI is InChI=1S/C16H18N2O3S/c19-16(15-9-5-2-6-10-15)17-11-12-18-22(20,21)13-14-7-3-1-4-8-14/h1-10,18H,11-13H2,(H,17,19). The lowest BCUT2D eigenvalue weighted by molar-refractivity contribution is 0.0954. The van der Waals surface area contributed by atoms with Crippen LogP contribution in [0.25, 0.3) is 0 Å². The van der Waals surface area contributed by atoms with Crippen LogP contribution in [0.2, 0.25) is 0 Å².